The van der Waals surface area contributed by atoms with Crippen LogP contribution in [0.15, 0.2) is 4.99 Å². The molecular formula is C13H27F3IN3. The number of hydrogen-bond donors (Lipinski definition) is 2. The molecule has 0 aromatic heterocycles. The Bertz CT molecular complexity index is 258. The first-order chi connectivity index (χ1) is 8.92. The van der Waals surface area contributed by atoms with Crippen LogP contribution in [0.25, 0.3) is 0 Å². The van der Waals surface area contributed by atoms with Gasteiger partial charge in [-0.25, -0.2) is 0 Å². The van der Waals surface area contributed by atoms with E-state index in [1.807, 2.05) is 0 Å². The Kier molecular flexibility index (Phi) is 13.8. The summed E-state index contributed by atoms with van der Waals surface area (Å²) in [5.41, 5.74) is 0. The Balaban J connectivity index is 0. The van der Waals surface area contributed by atoms with Crippen LogP contribution in [0.5, 0.6) is 0 Å². The van der Waals surface area contributed by atoms with Gasteiger partial charge in [0.25, 0.3) is 0 Å². The minimum absolute atomic E-state index is 0. The van der Waals surface area contributed by atoms with Gasteiger partial charge in [-0.3, -0.25) is 4.99 Å². The van der Waals surface area contributed by atoms with Crippen LogP contribution in [0.3, 0.4) is 0 Å². The van der Waals surface area contributed by atoms with Gasteiger partial charge in [0.1, 0.15) is 0 Å². The molecule has 0 heterocycles. The molecule has 2 N–H and O–H groups in total. The second-order valence-corrected chi connectivity index (χ2v) is 4.66. The average molecular weight is 409 g/mol. The predicted octanol–water partition coefficient (Wildman–Crippen LogP) is 3.94. The Labute approximate surface area is 137 Å². The standard InChI is InChI=1S/C13H26F3N3.HI/c1-4-6-7-11(5-2)10-19-12(17-3)18-9-8-13(14,15)16;/h11H,4-10H2,1-3H3,(H2,17,18,19);1H. The lowest BCUT2D eigenvalue weighted by Gasteiger charge is -2.18. The molecule has 0 aliphatic carbocycles. The molecule has 0 aromatic carbocycles. The maximum Gasteiger partial charge on any atom is 0.390 e. The van der Waals surface area contributed by atoms with Crippen molar-refractivity contribution < 1.29 is 13.2 Å². The number of hydrogen-bond acceptors (Lipinski definition) is 1. The summed E-state index contributed by atoms with van der Waals surface area (Å²) in [5, 5.41) is 5.77. The number of nitrogens with one attached hydrogen (secondary N) is 2. The van der Waals surface area contributed by atoms with Crippen LogP contribution in [-0.2, 0) is 0 Å². The lowest BCUT2D eigenvalue weighted by atomic mass is 9.99. The predicted molar refractivity (Wildman–Crippen MR) is 88.8 cm³/mol. The van der Waals surface area contributed by atoms with E-state index in [1.54, 1.807) is 7.05 Å². The van der Waals surface area contributed by atoms with Crippen LogP contribution in [0.1, 0.15) is 46.0 Å². The molecule has 0 bridgehead atoms. The van der Waals surface area contributed by atoms with Crippen molar-refractivity contribution in [2.45, 2.75) is 52.1 Å². The van der Waals surface area contributed by atoms with Crippen LogP contribution in [0.2, 0.25) is 0 Å². The Morgan fingerprint density at radius 2 is 1.85 bits per heavy atom. The highest BCUT2D eigenvalue weighted by Gasteiger charge is 2.26. The largest absolute Gasteiger partial charge is 0.390 e. The third-order valence-electron chi connectivity index (χ3n) is 3.03. The number of rotatable bonds is 8. The number of guanidine groups is 1. The lowest BCUT2D eigenvalue weighted by molar-refractivity contribution is -0.132. The minimum atomic E-state index is -4.13. The summed E-state index contributed by atoms with van der Waals surface area (Å²) in [7, 11) is 1.57. The molecule has 122 valence electrons. The normalized spacial score (nSPS) is 13.6. The van der Waals surface area contributed by atoms with E-state index in [0.29, 0.717) is 11.9 Å². The molecule has 0 amide bonds. The van der Waals surface area contributed by atoms with E-state index in [9.17, 15) is 13.2 Å². The van der Waals surface area contributed by atoms with E-state index in [2.05, 4.69) is 29.5 Å². The highest BCUT2D eigenvalue weighted by atomic mass is 127. The molecule has 1 unspecified atom stereocenters. The zero-order chi connectivity index (χ0) is 14.7. The maximum atomic E-state index is 12.0. The lowest BCUT2D eigenvalue weighted by Crippen LogP contribution is -2.41. The van der Waals surface area contributed by atoms with Crippen LogP contribution in [-0.4, -0.2) is 32.3 Å². The molecule has 0 saturated heterocycles. The van der Waals surface area contributed by atoms with E-state index in [1.165, 1.54) is 6.42 Å². The van der Waals surface area contributed by atoms with Crippen LogP contribution in [0.4, 0.5) is 13.2 Å². The maximum absolute atomic E-state index is 12.0. The van der Waals surface area contributed by atoms with Gasteiger partial charge in [-0.15, -0.1) is 24.0 Å². The van der Waals surface area contributed by atoms with E-state index < -0.39 is 12.6 Å². The van der Waals surface area contributed by atoms with Crippen LogP contribution >= 0.6 is 24.0 Å². The Morgan fingerprint density at radius 1 is 1.20 bits per heavy atom. The highest BCUT2D eigenvalue weighted by molar-refractivity contribution is 14.0. The first-order valence-corrected chi connectivity index (χ1v) is 6.94. The van der Waals surface area contributed by atoms with Crippen LogP contribution < -0.4 is 10.6 Å². The molecule has 0 rings (SSSR count). The van der Waals surface area contributed by atoms with Gasteiger partial charge < -0.3 is 10.6 Å². The molecule has 1 atom stereocenters. The summed E-state index contributed by atoms with van der Waals surface area (Å²) in [6.45, 7) is 4.89. The van der Waals surface area contributed by atoms with Crippen LogP contribution in [0, 0.1) is 5.92 Å². The zero-order valence-corrected chi connectivity index (χ0v) is 14.8. The van der Waals surface area contributed by atoms with Crippen molar-refractivity contribution in [1.29, 1.82) is 0 Å². The van der Waals surface area contributed by atoms with E-state index in [4.69, 9.17) is 0 Å². The first kappa shape index (κ1) is 22.1. The summed E-state index contributed by atoms with van der Waals surface area (Å²) in [6.07, 6.45) is -0.429. The van der Waals surface area contributed by atoms with E-state index in [0.717, 1.165) is 25.8 Å². The van der Waals surface area contributed by atoms with Crippen molar-refractivity contribution in [1.82, 2.24) is 10.6 Å². The second-order valence-electron chi connectivity index (χ2n) is 4.66. The highest BCUT2D eigenvalue weighted by Crippen LogP contribution is 2.18. The van der Waals surface area contributed by atoms with Crippen molar-refractivity contribution in [3.63, 3.8) is 0 Å². The van der Waals surface area contributed by atoms with Gasteiger partial charge in [0.2, 0.25) is 0 Å². The van der Waals surface area contributed by atoms with Gasteiger partial charge in [-0.05, 0) is 12.3 Å². The van der Waals surface area contributed by atoms with Crippen molar-refractivity contribution in [2.24, 2.45) is 10.9 Å². The summed E-state index contributed by atoms with van der Waals surface area (Å²) in [6, 6.07) is 0. The fraction of sp³-hybridized carbons (Fsp3) is 0.923. The van der Waals surface area contributed by atoms with Gasteiger partial charge in [0, 0.05) is 20.1 Å². The fourth-order valence-corrected chi connectivity index (χ4v) is 1.73. The molecule has 0 spiro atoms. The SMILES string of the molecule is CCCCC(CC)CNC(=NC)NCCC(F)(F)F.I. The monoisotopic (exact) mass is 409 g/mol. The first-order valence-electron chi connectivity index (χ1n) is 6.94. The number of halogens is 4. The molecule has 20 heavy (non-hydrogen) atoms. The quantitative estimate of drug-likeness (QED) is 0.362. The molecule has 0 saturated carbocycles. The molecule has 0 aromatic rings. The second kappa shape index (κ2) is 12.5. The van der Waals surface area contributed by atoms with Crippen molar-refractivity contribution in [3.05, 3.63) is 0 Å². The molecule has 0 aliphatic rings. The molecule has 7 heteroatoms. The average Bonchev–Trinajstić information content (AvgIpc) is 2.35. The zero-order valence-electron chi connectivity index (χ0n) is 12.5. The number of alkyl halides is 3. The van der Waals surface area contributed by atoms with Crippen molar-refractivity contribution in [3.8, 4) is 0 Å². The molecular weight excluding hydrogens is 382 g/mol. The third-order valence-corrected chi connectivity index (χ3v) is 3.03. The number of unbranched alkanes of at least 4 members (excludes halogenated alkanes) is 1. The Hall–Kier alpha value is -0.210. The fourth-order valence-electron chi connectivity index (χ4n) is 1.73. The summed E-state index contributed by atoms with van der Waals surface area (Å²) >= 11 is 0. The van der Waals surface area contributed by atoms with Gasteiger partial charge in [0.05, 0.1) is 6.42 Å². The molecule has 0 radical (unpaired) electrons. The minimum Gasteiger partial charge on any atom is -0.356 e. The van der Waals surface area contributed by atoms with E-state index in [-0.39, 0.29) is 30.5 Å². The van der Waals surface area contributed by atoms with Crippen molar-refractivity contribution in [2.75, 3.05) is 20.1 Å². The Morgan fingerprint density at radius 3 is 2.30 bits per heavy atom. The topological polar surface area (TPSA) is 36.4 Å². The molecule has 3 nitrogen and oxygen atoms in total. The smallest absolute Gasteiger partial charge is 0.356 e. The third kappa shape index (κ3) is 12.8. The van der Waals surface area contributed by atoms with Crippen molar-refractivity contribution >= 4 is 29.9 Å². The number of nitrogens with zero attached hydrogens (tertiary/aromatic N) is 1. The van der Waals surface area contributed by atoms with Gasteiger partial charge in [-0.2, -0.15) is 13.2 Å². The summed E-state index contributed by atoms with van der Waals surface area (Å²) in [4.78, 5) is 3.92. The number of aliphatic imine (C=N–C) groups is 1. The summed E-state index contributed by atoms with van der Waals surface area (Å²) in [5.74, 6) is 0.986. The van der Waals surface area contributed by atoms with E-state index >= 15 is 0 Å². The van der Waals surface area contributed by atoms with Gasteiger partial charge in [-0.1, -0.05) is 33.1 Å². The molecule has 0 fully saturated rings. The molecule has 0 aliphatic heterocycles. The van der Waals surface area contributed by atoms with Gasteiger partial charge in [0.15, 0.2) is 5.96 Å². The van der Waals surface area contributed by atoms with Gasteiger partial charge >= 0.3 is 6.18 Å². The summed E-state index contributed by atoms with van der Waals surface area (Å²) < 4.78 is 36.1.